The highest BCUT2D eigenvalue weighted by Crippen LogP contribution is 2.46. The Bertz CT molecular complexity index is 712. The topological polar surface area (TPSA) is 12.0 Å². The van der Waals surface area contributed by atoms with Crippen LogP contribution in [0.15, 0.2) is 24.3 Å². The van der Waals surface area contributed by atoms with E-state index in [4.69, 9.17) is 46.4 Å². The molecule has 3 rings (SSSR count). The van der Waals surface area contributed by atoms with Crippen LogP contribution >= 0.6 is 46.4 Å². The van der Waals surface area contributed by atoms with Gasteiger partial charge in [-0.15, -0.1) is 0 Å². The summed E-state index contributed by atoms with van der Waals surface area (Å²) in [5, 5.41) is 4.99. The van der Waals surface area contributed by atoms with Gasteiger partial charge in [-0.3, -0.25) is 0 Å². The Labute approximate surface area is 144 Å². The van der Waals surface area contributed by atoms with Crippen LogP contribution in [0, 0.1) is 0 Å². The molecule has 0 aromatic heterocycles. The Balaban J connectivity index is 2.24. The minimum Gasteiger partial charge on any atom is -0.313 e. The molecule has 0 bridgehead atoms. The van der Waals surface area contributed by atoms with Crippen molar-refractivity contribution in [2.24, 2.45) is 0 Å². The molecule has 0 amide bonds. The first-order valence-corrected chi connectivity index (χ1v) is 8.18. The van der Waals surface area contributed by atoms with E-state index in [2.05, 4.69) is 11.4 Å². The highest BCUT2D eigenvalue weighted by Gasteiger charge is 2.26. The van der Waals surface area contributed by atoms with E-state index in [1.165, 1.54) is 11.1 Å². The summed E-state index contributed by atoms with van der Waals surface area (Å²) in [5.41, 5.74) is 4.38. The van der Waals surface area contributed by atoms with Gasteiger partial charge in [0, 0.05) is 11.6 Å². The maximum absolute atomic E-state index is 6.39. The fourth-order valence-corrected chi connectivity index (χ4v) is 4.12. The van der Waals surface area contributed by atoms with E-state index in [0.717, 1.165) is 24.0 Å². The molecule has 1 atom stereocenters. The highest BCUT2D eigenvalue weighted by atomic mass is 35.5. The van der Waals surface area contributed by atoms with Crippen molar-refractivity contribution in [2.45, 2.75) is 18.9 Å². The molecule has 0 saturated carbocycles. The molecule has 0 radical (unpaired) electrons. The molecule has 2 aromatic carbocycles. The first-order valence-electron chi connectivity index (χ1n) is 6.67. The second-order valence-electron chi connectivity index (χ2n) is 5.10. The highest BCUT2D eigenvalue weighted by molar-refractivity contribution is 6.51. The van der Waals surface area contributed by atoms with Crippen LogP contribution in [0.4, 0.5) is 0 Å². The zero-order chi connectivity index (χ0) is 15.1. The Kier molecular flexibility index (Phi) is 4.40. The Morgan fingerprint density at radius 1 is 1.05 bits per heavy atom. The summed E-state index contributed by atoms with van der Waals surface area (Å²) in [7, 11) is 1.98. The van der Waals surface area contributed by atoms with Crippen molar-refractivity contribution < 1.29 is 0 Å². The normalized spacial score (nSPS) is 17.1. The van der Waals surface area contributed by atoms with Gasteiger partial charge in [0.15, 0.2) is 0 Å². The summed E-state index contributed by atoms with van der Waals surface area (Å²) in [5.74, 6) is 0. The van der Waals surface area contributed by atoms with Gasteiger partial charge in [-0.25, -0.2) is 0 Å². The van der Waals surface area contributed by atoms with Crippen LogP contribution in [-0.2, 0) is 6.42 Å². The van der Waals surface area contributed by atoms with Crippen molar-refractivity contribution in [3.8, 4) is 11.1 Å². The number of hydrogen-bond acceptors (Lipinski definition) is 1. The fraction of sp³-hybridized carbons (Fsp3) is 0.250. The first kappa shape index (κ1) is 15.5. The molecule has 0 aliphatic heterocycles. The zero-order valence-electron chi connectivity index (χ0n) is 11.3. The van der Waals surface area contributed by atoms with Gasteiger partial charge in [-0.2, -0.15) is 0 Å². The minimum atomic E-state index is 0.346. The molecule has 0 spiro atoms. The van der Waals surface area contributed by atoms with Crippen molar-refractivity contribution in [2.75, 3.05) is 7.05 Å². The average molecular weight is 361 g/mol. The molecule has 1 aliphatic carbocycles. The molecular weight excluding hydrogens is 348 g/mol. The lowest BCUT2D eigenvalue weighted by Crippen LogP contribution is -2.12. The maximum Gasteiger partial charge on any atom is 0.0785 e. The quantitative estimate of drug-likeness (QED) is 0.498. The van der Waals surface area contributed by atoms with Gasteiger partial charge in [-0.1, -0.05) is 64.6 Å². The Morgan fingerprint density at radius 2 is 1.81 bits per heavy atom. The molecule has 1 unspecified atom stereocenters. The zero-order valence-corrected chi connectivity index (χ0v) is 14.3. The molecule has 2 aromatic rings. The SMILES string of the molecule is CNC1CCc2c(-c3c(Cl)cc(Cl)c(Cl)c3Cl)cccc21. The molecule has 0 fully saturated rings. The van der Waals surface area contributed by atoms with Crippen molar-refractivity contribution >= 4 is 46.4 Å². The molecule has 0 saturated heterocycles. The van der Waals surface area contributed by atoms with Gasteiger partial charge in [0.25, 0.3) is 0 Å². The number of nitrogens with one attached hydrogen (secondary N) is 1. The Morgan fingerprint density at radius 3 is 2.52 bits per heavy atom. The number of hydrogen-bond donors (Lipinski definition) is 1. The third-order valence-corrected chi connectivity index (χ3v) is 5.56. The number of halogens is 4. The third kappa shape index (κ3) is 2.56. The third-order valence-electron chi connectivity index (χ3n) is 4.00. The van der Waals surface area contributed by atoms with E-state index in [1.807, 2.05) is 19.2 Å². The summed E-state index contributed by atoms with van der Waals surface area (Å²) in [6, 6.07) is 8.23. The van der Waals surface area contributed by atoms with Gasteiger partial charge >= 0.3 is 0 Å². The molecule has 110 valence electrons. The summed E-state index contributed by atoms with van der Waals surface area (Å²) in [6.07, 6.45) is 2.06. The molecule has 1 N–H and O–H groups in total. The predicted octanol–water partition coefficient (Wildman–Crippen LogP) is 6.17. The van der Waals surface area contributed by atoms with E-state index in [1.54, 1.807) is 6.07 Å². The largest absolute Gasteiger partial charge is 0.313 e. The van der Waals surface area contributed by atoms with Crippen molar-refractivity contribution in [1.82, 2.24) is 5.32 Å². The number of rotatable bonds is 2. The minimum absolute atomic E-state index is 0.346. The summed E-state index contributed by atoms with van der Waals surface area (Å²) < 4.78 is 0. The van der Waals surface area contributed by atoms with Gasteiger partial charge in [0.1, 0.15) is 0 Å². The summed E-state index contributed by atoms with van der Waals surface area (Å²) in [4.78, 5) is 0. The molecule has 1 aliphatic rings. The van der Waals surface area contributed by atoms with Gasteiger partial charge in [-0.05, 0) is 42.6 Å². The number of benzene rings is 2. The molecular formula is C16H13Cl4N. The van der Waals surface area contributed by atoms with E-state index < -0.39 is 0 Å². The second kappa shape index (κ2) is 5.98. The predicted molar refractivity (Wildman–Crippen MR) is 92.0 cm³/mol. The van der Waals surface area contributed by atoms with Crippen LogP contribution in [0.5, 0.6) is 0 Å². The summed E-state index contributed by atoms with van der Waals surface area (Å²) in [6.45, 7) is 0. The first-order chi connectivity index (χ1) is 10.0. The lowest BCUT2D eigenvalue weighted by atomic mass is 9.96. The van der Waals surface area contributed by atoms with Crippen molar-refractivity contribution in [3.05, 3.63) is 55.5 Å². The molecule has 0 heterocycles. The Hall–Kier alpha value is -0.440. The standard InChI is InChI=1S/C16H13Cl4N/c1-21-13-6-5-8-9(13)3-2-4-10(8)14-11(17)7-12(18)15(19)16(14)20/h2-4,7,13,21H,5-6H2,1H3. The van der Waals surface area contributed by atoms with Gasteiger partial charge in [0.05, 0.1) is 20.1 Å². The molecule has 1 nitrogen and oxygen atoms in total. The fourth-order valence-electron chi connectivity index (χ4n) is 3.00. The van der Waals surface area contributed by atoms with E-state index >= 15 is 0 Å². The van der Waals surface area contributed by atoms with Crippen LogP contribution in [0.25, 0.3) is 11.1 Å². The van der Waals surface area contributed by atoms with Crippen LogP contribution in [0.1, 0.15) is 23.6 Å². The second-order valence-corrected chi connectivity index (χ2v) is 6.67. The van der Waals surface area contributed by atoms with Gasteiger partial charge < -0.3 is 5.32 Å². The molecule has 21 heavy (non-hydrogen) atoms. The van der Waals surface area contributed by atoms with E-state index in [9.17, 15) is 0 Å². The maximum atomic E-state index is 6.39. The average Bonchev–Trinajstić information content (AvgIpc) is 2.89. The van der Waals surface area contributed by atoms with E-state index in [-0.39, 0.29) is 0 Å². The lowest BCUT2D eigenvalue weighted by Gasteiger charge is -2.15. The smallest absolute Gasteiger partial charge is 0.0785 e. The monoisotopic (exact) mass is 359 g/mol. The van der Waals surface area contributed by atoms with Crippen LogP contribution in [-0.4, -0.2) is 7.05 Å². The van der Waals surface area contributed by atoms with E-state index in [0.29, 0.717) is 26.1 Å². The van der Waals surface area contributed by atoms with Gasteiger partial charge in [0.2, 0.25) is 0 Å². The van der Waals surface area contributed by atoms with Crippen molar-refractivity contribution in [1.29, 1.82) is 0 Å². The number of fused-ring (bicyclic) bond motifs is 1. The van der Waals surface area contributed by atoms with Crippen LogP contribution in [0.3, 0.4) is 0 Å². The van der Waals surface area contributed by atoms with Crippen LogP contribution in [0.2, 0.25) is 20.1 Å². The van der Waals surface area contributed by atoms with Crippen molar-refractivity contribution in [3.63, 3.8) is 0 Å². The molecule has 5 heteroatoms. The summed E-state index contributed by atoms with van der Waals surface area (Å²) >= 11 is 25.0. The lowest BCUT2D eigenvalue weighted by molar-refractivity contribution is 0.590. The van der Waals surface area contributed by atoms with Crippen LogP contribution < -0.4 is 5.32 Å².